The summed E-state index contributed by atoms with van der Waals surface area (Å²) in [5.41, 5.74) is 6.26. The Hall–Kier alpha value is -4.60. The average molecular weight is 645 g/mol. The SMILES string of the molecule is COC(=O)N1CC[C@]2(N=Nc3cccc4c3C[C@@H]3N(C(=O)OC)CC[C@]43N=N[C@@]34CCC[C@@H]3Cc3ccccc34)c3ccccc3C[C@H]12. The van der Waals surface area contributed by atoms with E-state index in [1.54, 1.807) is 4.90 Å². The monoisotopic (exact) mass is 644 g/mol. The van der Waals surface area contributed by atoms with Gasteiger partial charge in [0.25, 0.3) is 0 Å². The minimum atomic E-state index is -0.690. The Balaban J connectivity index is 1.13. The fourth-order valence-corrected chi connectivity index (χ4v) is 10.3. The molecule has 10 nitrogen and oxygen atoms in total. The van der Waals surface area contributed by atoms with Crippen molar-refractivity contribution in [3.63, 3.8) is 0 Å². The molecule has 3 fully saturated rings. The summed E-state index contributed by atoms with van der Waals surface area (Å²) in [5.74, 6) is 0.449. The number of nitrogens with zero attached hydrogens (tertiary/aromatic N) is 6. The van der Waals surface area contributed by atoms with E-state index in [1.165, 1.54) is 30.9 Å². The zero-order valence-corrected chi connectivity index (χ0v) is 27.5. The van der Waals surface area contributed by atoms with Crippen molar-refractivity contribution in [2.45, 2.75) is 80.1 Å². The number of carbonyl (C=O) groups excluding carboxylic acids is 2. The smallest absolute Gasteiger partial charge is 0.409 e. The Morgan fingerprint density at radius 3 is 1.96 bits per heavy atom. The molecule has 0 N–H and O–H groups in total. The van der Waals surface area contributed by atoms with Gasteiger partial charge in [-0.05, 0) is 90.3 Å². The van der Waals surface area contributed by atoms with Crippen LogP contribution in [0, 0.1) is 5.92 Å². The maximum absolute atomic E-state index is 13.1. The van der Waals surface area contributed by atoms with Crippen LogP contribution < -0.4 is 0 Å². The van der Waals surface area contributed by atoms with Gasteiger partial charge in [0.1, 0.15) is 16.6 Å². The van der Waals surface area contributed by atoms with E-state index < -0.39 is 11.1 Å². The molecule has 0 aromatic heterocycles. The summed E-state index contributed by atoms with van der Waals surface area (Å²) < 4.78 is 10.4. The first-order valence-electron chi connectivity index (χ1n) is 17.3. The number of methoxy groups -OCH3 is 2. The highest BCUT2D eigenvalue weighted by Crippen LogP contribution is 2.58. The van der Waals surface area contributed by atoms with E-state index in [0.717, 1.165) is 48.1 Å². The lowest BCUT2D eigenvalue weighted by molar-refractivity contribution is 0.112. The van der Waals surface area contributed by atoms with E-state index >= 15 is 0 Å². The number of likely N-dealkylation sites (tertiary alicyclic amines) is 2. The molecule has 246 valence electrons. The van der Waals surface area contributed by atoms with Gasteiger partial charge in [-0.25, -0.2) is 9.59 Å². The number of ether oxygens (including phenoxy) is 2. The van der Waals surface area contributed by atoms with Gasteiger partial charge in [-0.3, -0.25) is 0 Å². The molecule has 10 heteroatoms. The van der Waals surface area contributed by atoms with Gasteiger partial charge < -0.3 is 19.3 Å². The van der Waals surface area contributed by atoms with Crippen molar-refractivity contribution >= 4 is 17.9 Å². The van der Waals surface area contributed by atoms with Gasteiger partial charge in [0.2, 0.25) is 0 Å². The fraction of sp³-hybridized carbons (Fsp3) is 0.474. The van der Waals surface area contributed by atoms with Gasteiger partial charge in [0, 0.05) is 13.1 Å². The van der Waals surface area contributed by atoms with Crippen LogP contribution in [0.25, 0.3) is 0 Å². The van der Waals surface area contributed by atoms with Crippen LogP contribution in [0.5, 0.6) is 0 Å². The molecule has 3 aromatic carbocycles. The molecule has 0 bridgehead atoms. The lowest BCUT2D eigenvalue weighted by Gasteiger charge is -2.31. The maximum Gasteiger partial charge on any atom is 0.409 e. The summed E-state index contributed by atoms with van der Waals surface area (Å²) in [6.07, 6.45) is 6.30. The third-order valence-electron chi connectivity index (χ3n) is 12.5. The number of carbonyl (C=O) groups is 2. The number of benzene rings is 3. The van der Waals surface area contributed by atoms with Gasteiger partial charge in [0.15, 0.2) is 0 Å². The van der Waals surface area contributed by atoms with E-state index in [1.807, 2.05) is 29.2 Å². The third kappa shape index (κ3) is 3.91. The van der Waals surface area contributed by atoms with Crippen LogP contribution in [0.1, 0.15) is 65.5 Å². The second kappa shape index (κ2) is 10.7. The third-order valence-corrected chi connectivity index (χ3v) is 12.5. The van der Waals surface area contributed by atoms with Crippen LogP contribution in [0.4, 0.5) is 15.3 Å². The van der Waals surface area contributed by atoms with E-state index in [4.69, 9.17) is 29.9 Å². The van der Waals surface area contributed by atoms with Crippen molar-refractivity contribution < 1.29 is 19.1 Å². The molecule has 4 aliphatic carbocycles. The molecule has 1 saturated carbocycles. The van der Waals surface area contributed by atoms with Crippen molar-refractivity contribution in [2.24, 2.45) is 26.4 Å². The number of amides is 2. The minimum Gasteiger partial charge on any atom is -0.453 e. The highest BCUT2D eigenvalue weighted by molar-refractivity contribution is 5.71. The summed E-state index contributed by atoms with van der Waals surface area (Å²) in [6.45, 7) is 1.11. The first-order valence-corrected chi connectivity index (χ1v) is 17.3. The minimum absolute atomic E-state index is 0.162. The Labute approximate surface area is 280 Å². The molecule has 2 aliphatic heterocycles. The van der Waals surface area contributed by atoms with Crippen LogP contribution in [0.2, 0.25) is 0 Å². The molecule has 2 saturated heterocycles. The first-order chi connectivity index (χ1) is 23.4. The standard InChI is InChI=1S/C38H40N6O4/c1-47-34(45)43-19-17-37(29-13-6-4-10-25(29)22-32(37)43)40-39-31-15-7-14-30-27(31)23-33-38(30,18-20-44(33)35(46)48-2)42-41-36-16-8-11-26(36)21-24-9-3-5-12-28(24)36/h3-7,9-10,12-15,26,32-33H,8,11,16-23H2,1-2H3/t26-,32+,33+,36+,37+,38+/m1/s1. The summed E-state index contributed by atoms with van der Waals surface area (Å²) in [6, 6.07) is 22.8. The van der Waals surface area contributed by atoms with Crippen LogP contribution in [-0.4, -0.2) is 61.4 Å². The van der Waals surface area contributed by atoms with Crippen molar-refractivity contribution in [1.29, 1.82) is 0 Å². The molecule has 6 aliphatic rings. The molecule has 0 spiro atoms. The summed E-state index contributed by atoms with van der Waals surface area (Å²) >= 11 is 0. The predicted molar refractivity (Wildman–Crippen MR) is 177 cm³/mol. The van der Waals surface area contributed by atoms with Gasteiger partial charge in [0.05, 0.1) is 32.0 Å². The molecule has 3 aromatic rings. The van der Waals surface area contributed by atoms with Gasteiger partial charge in [-0.15, -0.1) is 0 Å². The second-order valence-corrected chi connectivity index (χ2v) is 14.4. The number of azo groups is 2. The molecule has 48 heavy (non-hydrogen) atoms. The number of rotatable bonds is 4. The van der Waals surface area contributed by atoms with Gasteiger partial charge in [-0.1, -0.05) is 67.1 Å². The predicted octanol–water partition coefficient (Wildman–Crippen LogP) is 7.36. The van der Waals surface area contributed by atoms with Crippen LogP contribution >= 0.6 is 0 Å². The molecule has 2 heterocycles. The van der Waals surface area contributed by atoms with Crippen LogP contribution in [-0.2, 0) is 45.4 Å². The van der Waals surface area contributed by atoms with Crippen LogP contribution in [0.15, 0.2) is 87.2 Å². The van der Waals surface area contributed by atoms with Crippen molar-refractivity contribution in [3.8, 4) is 0 Å². The van der Waals surface area contributed by atoms with E-state index in [0.29, 0.717) is 44.7 Å². The average Bonchev–Trinajstić information content (AvgIpc) is 3.94. The topological polar surface area (TPSA) is 109 Å². The van der Waals surface area contributed by atoms with E-state index in [9.17, 15) is 9.59 Å². The van der Waals surface area contributed by atoms with Crippen molar-refractivity contribution in [1.82, 2.24) is 9.80 Å². The molecule has 0 radical (unpaired) electrons. The first kappa shape index (κ1) is 29.5. The highest BCUT2D eigenvalue weighted by Gasteiger charge is 2.59. The number of fused-ring (bicyclic) bond motifs is 9. The summed E-state index contributed by atoms with van der Waals surface area (Å²) in [4.78, 5) is 29.6. The lowest BCUT2D eigenvalue weighted by atomic mass is 9.86. The van der Waals surface area contributed by atoms with E-state index in [2.05, 4.69) is 42.5 Å². The quantitative estimate of drug-likeness (QED) is 0.277. The largest absolute Gasteiger partial charge is 0.453 e. The maximum atomic E-state index is 13.1. The molecule has 0 unspecified atom stereocenters. The Bertz CT molecular complexity index is 1890. The molecular weight excluding hydrogens is 604 g/mol. The second-order valence-electron chi connectivity index (χ2n) is 14.4. The zero-order valence-electron chi connectivity index (χ0n) is 27.5. The van der Waals surface area contributed by atoms with Crippen molar-refractivity contribution in [2.75, 3.05) is 27.3 Å². The number of hydrogen-bond donors (Lipinski definition) is 0. The van der Waals surface area contributed by atoms with Gasteiger partial charge >= 0.3 is 12.2 Å². The Kier molecular flexibility index (Phi) is 6.59. The Morgan fingerprint density at radius 2 is 1.25 bits per heavy atom. The summed E-state index contributed by atoms with van der Waals surface area (Å²) in [7, 11) is 2.87. The Morgan fingerprint density at radius 1 is 0.667 bits per heavy atom. The lowest BCUT2D eigenvalue weighted by Crippen LogP contribution is -2.42. The molecular formula is C38H40N6O4. The highest BCUT2D eigenvalue weighted by atomic mass is 16.5. The fourth-order valence-electron chi connectivity index (χ4n) is 10.3. The van der Waals surface area contributed by atoms with Crippen molar-refractivity contribution in [3.05, 3.63) is 100 Å². The summed E-state index contributed by atoms with van der Waals surface area (Å²) in [5, 5.41) is 20.9. The zero-order chi connectivity index (χ0) is 32.7. The molecule has 9 rings (SSSR count). The van der Waals surface area contributed by atoms with Crippen LogP contribution in [0.3, 0.4) is 0 Å². The number of hydrogen-bond acceptors (Lipinski definition) is 8. The molecule has 6 atom stereocenters. The molecule has 2 amide bonds. The normalized spacial score (nSPS) is 32.3. The van der Waals surface area contributed by atoms with E-state index in [-0.39, 0.29) is 29.8 Å². The van der Waals surface area contributed by atoms with Gasteiger partial charge in [-0.2, -0.15) is 20.5 Å².